The van der Waals surface area contributed by atoms with E-state index in [-0.39, 0.29) is 24.9 Å². The number of hydrazone groups is 1. The van der Waals surface area contributed by atoms with Crippen LogP contribution in [-0.4, -0.2) is 49.5 Å². The number of hydrogen-bond donors (Lipinski definition) is 3. The van der Waals surface area contributed by atoms with Crippen molar-refractivity contribution in [2.75, 3.05) is 13.2 Å². The lowest BCUT2D eigenvalue weighted by atomic mass is 10.2. The first kappa shape index (κ1) is 26.6. The lowest BCUT2D eigenvalue weighted by Gasteiger charge is -2.11. The van der Waals surface area contributed by atoms with Gasteiger partial charge >= 0.3 is 10.1 Å². The first-order valence-corrected chi connectivity index (χ1v) is 10.1. The number of nitrogens with one attached hydrogen (secondary N) is 1. The van der Waals surface area contributed by atoms with Crippen molar-refractivity contribution in [3.05, 3.63) is 68.3 Å². The van der Waals surface area contributed by atoms with Gasteiger partial charge in [-0.05, 0) is 30.7 Å². The van der Waals surface area contributed by atoms with E-state index in [0.717, 1.165) is 12.1 Å². The van der Waals surface area contributed by atoms with Gasteiger partial charge in [0.25, 0.3) is 10.8 Å². The Morgan fingerprint density at radius 3 is 2.42 bits per heavy atom. The van der Waals surface area contributed by atoms with Crippen molar-refractivity contribution in [2.45, 2.75) is 11.8 Å². The van der Waals surface area contributed by atoms with Crippen molar-refractivity contribution in [1.82, 2.24) is 5.43 Å². The van der Waals surface area contributed by atoms with Gasteiger partial charge in [-0.1, -0.05) is 12.1 Å². The molecule has 0 aliphatic rings. The summed E-state index contributed by atoms with van der Waals surface area (Å²) >= 11 is 0. The first-order chi connectivity index (χ1) is 15.5. The molecule has 0 amide bonds. The molecule has 15 nitrogen and oxygen atoms in total. The summed E-state index contributed by atoms with van der Waals surface area (Å²) in [6, 6.07) is 9.42. The average molecular weight is 484 g/mol. The van der Waals surface area contributed by atoms with Crippen LogP contribution in [0.4, 0.5) is 5.69 Å². The molecule has 0 heterocycles. The molecule has 0 radical (unpaired) electrons. The molecule has 2 aromatic rings. The van der Waals surface area contributed by atoms with E-state index >= 15 is 0 Å². The quantitative estimate of drug-likeness (QED) is 0.115. The molecule has 178 valence electrons. The smallest absolute Gasteiger partial charge is 0.346 e. The summed E-state index contributed by atoms with van der Waals surface area (Å²) in [4.78, 5) is 22.1. The topological polar surface area (TPSA) is 222 Å². The van der Waals surface area contributed by atoms with E-state index in [1.807, 2.05) is 0 Å². The normalized spacial score (nSPS) is 10.9. The fraction of sp³-hybridized carbons (Fsp3) is 0.176. The largest absolute Gasteiger partial charge is 0.492 e. The molecule has 2 rings (SSSR count). The third-order valence-corrected chi connectivity index (χ3v) is 4.69. The molecule has 2 aromatic carbocycles. The Labute approximate surface area is 187 Å². The molecular weight excluding hydrogens is 464 g/mol. The van der Waals surface area contributed by atoms with Gasteiger partial charge < -0.3 is 19.9 Å². The van der Waals surface area contributed by atoms with Gasteiger partial charge in [-0.3, -0.25) is 10.1 Å². The van der Waals surface area contributed by atoms with Crippen LogP contribution in [0.3, 0.4) is 0 Å². The Morgan fingerprint density at radius 2 is 1.82 bits per heavy atom. The Hall–Kier alpha value is -4.47. The highest BCUT2D eigenvalue weighted by molar-refractivity contribution is 7.87. The van der Waals surface area contributed by atoms with Crippen LogP contribution >= 0.6 is 0 Å². The van der Waals surface area contributed by atoms with Gasteiger partial charge in [0, 0.05) is 18.9 Å². The number of hydrogen-bond acceptors (Lipinski definition) is 10. The summed E-state index contributed by atoms with van der Waals surface area (Å²) in [7, 11) is -4.43. The van der Waals surface area contributed by atoms with Crippen LogP contribution in [0.2, 0.25) is 0 Å². The lowest BCUT2D eigenvalue weighted by Crippen LogP contribution is -2.27. The van der Waals surface area contributed by atoms with Gasteiger partial charge in [0.1, 0.15) is 18.1 Å². The predicted octanol–water partition coefficient (Wildman–Crippen LogP) is 1.22. The number of para-hydroxylation sites is 1. The molecule has 0 bridgehead atoms. The molecule has 0 aliphatic heterocycles. The number of nitro groups is 1. The third-order valence-electron chi connectivity index (χ3n) is 3.40. The van der Waals surface area contributed by atoms with Crippen molar-refractivity contribution in [3.63, 3.8) is 0 Å². The van der Waals surface area contributed by atoms with E-state index in [9.17, 15) is 18.5 Å². The Kier molecular flexibility index (Phi) is 9.98. The van der Waals surface area contributed by atoms with Gasteiger partial charge in [-0.25, -0.2) is 10.4 Å². The maximum absolute atomic E-state index is 12.5. The molecule has 0 aromatic heterocycles. The maximum Gasteiger partial charge on any atom is 0.346 e. The number of benzene rings is 2. The number of nitro benzene ring substituents is 1. The average Bonchev–Trinajstić information content (AvgIpc) is 2.70. The van der Waals surface area contributed by atoms with Gasteiger partial charge in [-0.15, -0.1) is 10.1 Å². The van der Waals surface area contributed by atoms with Crippen LogP contribution in [0, 0.1) is 27.2 Å². The molecule has 16 heteroatoms. The highest BCUT2D eigenvalue weighted by atomic mass is 32.2. The predicted molar refractivity (Wildman–Crippen MR) is 116 cm³/mol. The standard InChI is InChI=1S/C17H19N5O6S.HNO3/c1-12-9-13(27-8-7-20-17(18)21-19-2)11-14(10-12)28-29(25,26)16-6-4-3-5-15(16)22(23)24;2-1(3)4/h3-6,9-11H,2,7-8H2,1H3,(H3,18,20,21);(H,2,3,4). The summed E-state index contributed by atoms with van der Waals surface area (Å²) in [5, 5.41) is 28.1. The number of nitrogens with zero attached hydrogens (tertiary/aromatic N) is 4. The van der Waals surface area contributed by atoms with E-state index in [2.05, 4.69) is 22.2 Å². The molecular formula is C17H20N6O9S. The van der Waals surface area contributed by atoms with Crippen LogP contribution in [-0.2, 0) is 10.1 Å². The molecule has 0 aliphatic carbocycles. The number of aliphatic imine (C=N–C) groups is 1. The van der Waals surface area contributed by atoms with Crippen molar-refractivity contribution in [1.29, 1.82) is 0 Å². The summed E-state index contributed by atoms with van der Waals surface area (Å²) in [6.07, 6.45) is 0. The molecule has 0 spiro atoms. The minimum absolute atomic E-state index is 0.0429. The van der Waals surface area contributed by atoms with E-state index in [1.54, 1.807) is 13.0 Å². The highest BCUT2D eigenvalue weighted by Gasteiger charge is 2.27. The second-order valence-electron chi connectivity index (χ2n) is 5.87. The molecule has 33 heavy (non-hydrogen) atoms. The van der Waals surface area contributed by atoms with Crippen LogP contribution in [0.15, 0.2) is 57.5 Å². The number of ether oxygens (including phenoxy) is 1. The van der Waals surface area contributed by atoms with Crippen molar-refractivity contribution in [2.24, 2.45) is 15.8 Å². The van der Waals surface area contributed by atoms with Gasteiger partial charge in [0.2, 0.25) is 5.96 Å². The summed E-state index contributed by atoms with van der Waals surface area (Å²) < 4.78 is 35.7. The van der Waals surface area contributed by atoms with E-state index in [4.69, 9.17) is 30.0 Å². The minimum Gasteiger partial charge on any atom is -0.492 e. The molecule has 0 unspecified atom stereocenters. The molecule has 0 fully saturated rings. The summed E-state index contributed by atoms with van der Waals surface area (Å²) in [5.74, 6) is 0.368. The third kappa shape index (κ3) is 9.47. The van der Waals surface area contributed by atoms with E-state index in [1.165, 1.54) is 24.3 Å². The minimum atomic E-state index is -4.43. The van der Waals surface area contributed by atoms with E-state index < -0.39 is 30.7 Å². The zero-order valence-electron chi connectivity index (χ0n) is 17.2. The highest BCUT2D eigenvalue weighted by Crippen LogP contribution is 2.29. The fourth-order valence-electron chi connectivity index (χ4n) is 2.28. The second-order valence-corrected chi connectivity index (χ2v) is 7.38. The van der Waals surface area contributed by atoms with Crippen molar-refractivity contribution >= 4 is 28.5 Å². The Balaban J connectivity index is 0.00000125. The molecule has 0 saturated heterocycles. The van der Waals surface area contributed by atoms with E-state index in [0.29, 0.717) is 11.3 Å². The fourth-order valence-corrected chi connectivity index (χ4v) is 3.37. The number of rotatable bonds is 9. The zero-order chi connectivity index (χ0) is 25.0. The number of nitrogens with two attached hydrogens (primary N) is 1. The molecule has 0 atom stereocenters. The van der Waals surface area contributed by atoms with Gasteiger partial charge in [0.05, 0.1) is 11.5 Å². The van der Waals surface area contributed by atoms with Crippen LogP contribution in [0.5, 0.6) is 11.5 Å². The maximum atomic E-state index is 12.5. The van der Waals surface area contributed by atoms with Crippen LogP contribution in [0.25, 0.3) is 0 Å². The van der Waals surface area contributed by atoms with Crippen molar-refractivity contribution in [3.8, 4) is 11.5 Å². The van der Waals surface area contributed by atoms with Crippen molar-refractivity contribution < 1.29 is 32.6 Å². The Bertz CT molecular complexity index is 1130. The molecule has 0 saturated carbocycles. The second kappa shape index (κ2) is 12.4. The monoisotopic (exact) mass is 484 g/mol. The summed E-state index contributed by atoms with van der Waals surface area (Å²) in [6.45, 7) is 5.29. The number of guanidine groups is 1. The molecule has 4 N–H and O–H groups in total. The van der Waals surface area contributed by atoms with Crippen LogP contribution in [0.1, 0.15) is 5.56 Å². The first-order valence-electron chi connectivity index (χ1n) is 8.73. The van der Waals surface area contributed by atoms with Crippen LogP contribution < -0.4 is 20.1 Å². The number of aryl methyl sites for hydroxylation is 1. The van der Waals surface area contributed by atoms with Gasteiger partial charge in [0.15, 0.2) is 4.90 Å². The lowest BCUT2D eigenvalue weighted by molar-refractivity contribution is -0.742. The SMILES string of the molecule is C=NNC(N)=NCCOc1cc(C)cc(OS(=O)(=O)c2ccccc2[N+](=O)[O-])c1.O=[N+]([O-])O. The Morgan fingerprint density at radius 1 is 1.21 bits per heavy atom. The zero-order valence-corrected chi connectivity index (χ0v) is 18.0. The summed E-state index contributed by atoms with van der Waals surface area (Å²) in [5.41, 5.74) is 7.94. The van der Waals surface area contributed by atoms with Gasteiger partial charge in [-0.2, -0.15) is 13.5 Å².